The molecule has 8 heteroatoms. The number of nitrogens with zero attached hydrogens (tertiary/aromatic N) is 2. The number of carbonyl (C=O) groups is 4. The van der Waals surface area contributed by atoms with Gasteiger partial charge in [0.1, 0.15) is 6.61 Å². The highest BCUT2D eigenvalue weighted by Gasteiger charge is 2.36. The van der Waals surface area contributed by atoms with E-state index in [0.29, 0.717) is 18.2 Å². The first kappa shape index (κ1) is 16.9. The number of hydrogen-bond donors (Lipinski definition) is 0. The molecule has 0 saturated carbocycles. The smallest absolute Gasteiger partial charge is 0.410 e. The third-order valence-electron chi connectivity index (χ3n) is 4.07. The first-order valence-electron chi connectivity index (χ1n) is 8.05. The molecule has 25 heavy (non-hydrogen) atoms. The van der Waals surface area contributed by atoms with E-state index in [1.165, 1.54) is 4.90 Å². The fourth-order valence-corrected chi connectivity index (χ4v) is 2.69. The van der Waals surface area contributed by atoms with Crippen LogP contribution in [-0.2, 0) is 30.6 Å². The van der Waals surface area contributed by atoms with Crippen molar-refractivity contribution in [3.63, 3.8) is 0 Å². The predicted octanol–water partition coefficient (Wildman–Crippen LogP) is 1.25. The molecule has 0 spiro atoms. The van der Waals surface area contributed by atoms with Crippen LogP contribution < -0.4 is 0 Å². The zero-order chi connectivity index (χ0) is 17.8. The number of hydroxylamine groups is 2. The second-order valence-electron chi connectivity index (χ2n) is 6.06. The first-order chi connectivity index (χ1) is 12.0. The van der Waals surface area contributed by atoms with Crippen molar-refractivity contribution in [2.75, 3.05) is 13.1 Å². The first-order valence-corrected chi connectivity index (χ1v) is 8.05. The molecular formula is C17H18N2O6. The molecule has 8 nitrogen and oxygen atoms in total. The predicted molar refractivity (Wildman–Crippen MR) is 83.5 cm³/mol. The lowest BCUT2D eigenvalue weighted by molar-refractivity contribution is -0.198. The molecule has 1 aromatic carbocycles. The number of benzene rings is 1. The third-order valence-corrected chi connectivity index (χ3v) is 4.07. The largest absolute Gasteiger partial charge is 0.445 e. The molecule has 0 N–H and O–H groups in total. The Bertz CT molecular complexity index is 668. The van der Waals surface area contributed by atoms with E-state index in [1.807, 2.05) is 30.3 Å². The third kappa shape index (κ3) is 4.14. The Kier molecular flexibility index (Phi) is 4.97. The number of ether oxygens (including phenoxy) is 1. The van der Waals surface area contributed by atoms with Crippen LogP contribution in [0.3, 0.4) is 0 Å². The number of amides is 3. The van der Waals surface area contributed by atoms with Crippen LogP contribution in [0, 0.1) is 5.92 Å². The van der Waals surface area contributed by atoms with Crippen molar-refractivity contribution in [2.45, 2.75) is 25.9 Å². The normalized spacial score (nSPS) is 17.4. The minimum absolute atomic E-state index is 0.0412. The van der Waals surface area contributed by atoms with Crippen LogP contribution in [0.15, 0.2) is 30.3 Å². The maximum Gasteiger partial charge on any atom is 0.410 e. The van der Waals surface area contributed by atoms with Gasteiger partial charge in [-0.2, -0.15) is 0 Å². The molecule has 0 aromatic heterocycles. The molecule has 0 unspecified atom stereocenters. The van der Waals surface area contributed by atoms with Gasteiger partial charge in [0.15, 0.2) is 0 Å². The number of imide groups is 1. The van der Waals surface area contributed by atoms with E-state index in [1.54, 1.807) is 0 Å². The van der Waals surface area contributed by atoms with Crippen molar-refractivity contribution in [2.24, 2.45) is 5.92 Å². The molecular weight excluding hydrogens is 328 g/mol. The van der Waals surface area contributed by atoms with Gasteiger partial charge in [0.25, 0.3) is 11.8 Å². The molecule has 0 radical (unpaired) electrons. The Morgan fingerprint density at radius 1 is 1.04 bits per heavy atom. The van der Waals surface area contributed by atoms with Crippen molar-refractivity contribution in [3.05, 3.63) is 35.9 Å². The maximum absolute atomic E-state index is 11.9. The van der Waals surface area contributed by atoms with Gasteiger partial charge < -0.3 is 14.5 Å². The molecule has 2 saturated heterocycles. The van der Waals surface area contributed by atoms with Crippen molar-refractivity contribution >= 4 is 23.9 Å². The highest BCUT2D eigenvalue weighted by atomic mass is 16.7. The summed E-state index contributed by atoms with van der Waals surface area (Å²) in [6.45, 7) is 0.956. The minimum atomic E-state index is -0.647. The molecule has 3 rings (SSSR count). The van der Waals surface area contributed by atoms with E-state index in [4.69, 9.17) is 9.57 Å². The molecule has 2 aliphatic rings. The van der Waals surface area contributed by atoms with Gasteiger partial charge in [-0.3, -0.25) is 9.59 Å². The van der Waals surface area contributed by atoms with E-state index in [2.05, 4.69) is 0 Å². The average Bonchev–Trinajstić information content (AvgIpc) is 2.88. The summed E-state index contributed by atoms with van der Waals surface area (Å²) >= 11 is 0. The van der Waals surface area contributed by atoms with E-state index in [9.17, 15) is 19.2 Å². The van der Waals surface area contributed by atoms with Crippen LogP contribution in [0.5, 0.6) is 0 Å². The Hall–Kier alpha value is -2.90. The number of carbonyl (C=O) groups excluding carboxylic acids is 4. The lowest BCUT2D eigenvalue weighted by Gasteiger charge is -2.37. The zero-order valence-electron chi connectivity index (χ0n) is 13.6. The summed E-state index contributed by atoms with van der Waals surface area (Å²) in [6.07, 6.45) is -0.259. The monoisotopic (exact) mass is 346 g/mol. The van der Waals surface area contributed by atoms with E-state index >= 15 is 0 Å². The summed E-state index contributed by atoms with van der Waals surface area (Å²) in [7, 11) is 0. The van der Waals surface area contributed by atoms with Gasteiger partial charge in [-0.05, 0) is 5.56 Å². The Balaban J connectivity index is 1.36. The quantitative estimate of drug-likeness (QED) is 0.745. The number of rotatable bonds is 5. The summed E-state index contributed by atoms with van der Waals surface area (Å²) < 4.78 is 5.19. The second kappa shape index (κ2) is 7.33. The van der Waals surface area contributed by atoms with Crippen LogP contribution in [0.2, 0.25) is 0 Å². The van der Waals surface area contributed by atoms with Crippen LogP contribution in [0.4, 0.5) is 4.79 Å². The molecule has 2 heterocycles. The second-order valence-corrected chi connectivity index (χ2v) is 6.06. The number of likely N-dealkylation sites (tertiary alicyclic amines) is 1. The Morgan fingerprint density at radius 2 is 1.68 bits per heavy atom. The topological polar surface area (TPSA) is 93.2 Å². The van der Waals surface area contributed by atoms with Gasteiger partial charge in [-0.15, -0.1) is 5.06 Å². The van der Waals surface area contributed by atoms with Crippen LogP contribution >= 0.6 is 0 Å². The van der Waals surface area contributed by atoms with Gasteiger partial charge >= 0.3 is 12.1 Å². The summed E-state index contributed by atoms with van der Waals surface area (Å²) in [5.74, 6) is -1.72. The molecule has 0 aliphatic carbocycles. The lowest BCUT2D eigenvalue weighted by atomic mass is 9.97. The van der Waals surface area contributed by atoms with E-state index in [0.717, 1.165) is 5.56 Å². The molecule has 132 valence electrons. The summed E-state index contributed by atoms with van der Waals surface area (Å²) in [5, 5.41) is 0.535. The molecule has 1 aromatic rings. The zero-order valence-corrected chi connectivity index (χ0v) is 13.6. The summed E-state index contributed by atoms with van der Waals surface area (Å²) in [6, 6.07) is 9.34. The average molecular weight is 346 g/mol. The lowest BCUT2D eigenvalue weighted by Crippen LogP contribution is -2.51. The fourth-order valence-electron chi connectivity index (χ4n) is 2.69. The Labute approximate surface area is 144 Å². The van der Waals surface area contributed by atoms with Gasteiger partial charge in [0, 0.05) is 31.8 Å². The number of hydrogen-bond acceptors (Lipinski definition) is 6. The molecule has 3 amide bonds. The van der Waals surface area contributed by atoms with Crippen molar-refractivity contribution in [1.82, 2.24) is 9.96 Å². The van der Waals surface area contributed by atoms with Crippen LogP contribution in [0.1, 0.15) is 24.8 Å². The summed E-state index contributed by atoms with van der Waals surface area (Å²) in [5.41, 5.74) is 0.899. The minimum Gasteiger partial charge on any atom is -0.445 e. The fraction of sp³-hybridized carbons (Fsp3) is 0.412. The molecule has 0 atom stereocenters. The molecule has 0 bridgehead atoms. The van der Waals surface area contributed by atoms with Gasteiger partial charge in [-0.25, -0.2) is 9.59 Å². The van der Waals surface area contributed by atoms with Crippen molar-refractivity contribution in [3.8, 4) is 0 Å². The van der Waals surface area contributed by atoms with Crippen molar-refractivity contribution < 1.29 is 28.8 Å². The standard InChI is InChI=1S/C17H18N2O6/c20-14-6-7-15(21)19(14)25-16(22)8-13-9-18(10-13)17(23)24-11-12-4-2-1-3-5-12/h1-5,13H,6-11H2. The van der Waals surface area contributed by atoms with E-state index < -0.39 is 23.9 Å². The van der Waals surface area contributed by atoms with Crippen molar-refractivity contribution in [1.29, 1.82) is 0 Å². The Morgan fingerprint density at radius 3 is 2.32 bits per heavy atom. The highest BCUT2D eigenvalue weighted by Crippen LogP contribution is 2.22. The SMILES string of the molecule is O=C(CC1CN(C(=O)OCc2ccccc2)C1)ON1C(=O)CCC1=O. The van der Waals surface area contributed by atoms with Gasteiger partial charge in [0.2, 0.25) is 0 Å². The van der Waals surface area contributed by atoms with Crippen LogP contribution in [-0.4, -0.2) is 46.9 Å². The highest BCUT2D eigenvalue weighted by molar-refractivity contribution is 6.01. The van der Waals surface area contributed by atoms with E-state index in [-0.39, 0.29) is 31.8 Å². The molecule has 2 aliphatic heterocycles. The maximum atomic E-state index is 11.9. The van der Waals surface area contributed by atoms with Gasteiger partial charge in [-0.1, -0.05) is 30.3 Å². The summed E-state index contributed by atoms with van der Waals surface area (Å²) in [4.78, 5) is 52.7. The van der Waals surface area contributed by atoms with Gasteiger partial charge in [0.05, 0.1) is 6.42 Å². The van der Waals surface area contributed by atoms with Crippen LogP contribution in [0.25, 0.3) is 0 Å². The molecule has 2 fully saturated rings.